The Morgan fingerprint density at radius 1 is 0.252 bits per heavy atom. The van der Waals surface area contributed by atoms with Crippen LogP contribution in [-0.4, -0.2) is 69.5 Å². The van der Waals surface area contributed by atoms with E-state index in [0.717, 1.165) is 182 Å². The maximum Gasteiger partial charge on any atom is 0.231 e. The second-order valence-electron chi connectivity index (χ2n) is 31.7. The van der Waals surface area contributed by atoms with Gasteiger partial charge in [-0.1, -0.05) is 163 Å². The first-order valence-electron chi connectivity index (χ1n) is 43.3. The molecule has 0 spiro atoms. The second kappa shape index (κ2) is 40.0. The number of benzene rings is 12. The SMILES string of the molecule is Cc1ccc(F)c(-c2ncccc2-c2ccc3c(c2)OCO3)c1.Cc1cccc(-c2ncccc2-c2ccc3c(c2)OCO3)c1.Fc1ccc(-c2ncccc2-c2ccc3c(c2)OCO3)cc1.Fc1cccc(-c2ncccc2-c2ccc3c(c2)OCO3)c1.N#Cc1cccc(-c2ncccc2-c2ccc3c(c2)C=NC3)c1.N#Cc1ccccc1-c1ncccc1-c1ccc2c(c1)C=NC2. The standard InChI is InChI=1S/2C20H13N3.C19H14FNO2.C19H15NO2.2C18H12FNO2/c21-11-14-3-1-4-16(9-14)20-19(5-2-8-23-20)15-6-7-17-12-22-13-18(17)10-15;21-11-15-4-1-2-5-19(15)20-18(6-3-9-23-20)14-7-8-16-12-22-13-17(16)10-14;1-12-4-6-16(20)15(9-12)19-14(3-2-8-21-19)13-5-7-17-18(10-13)23-11-22-17;1-13-4-2-5-15(10-13)19-16(6-3-9-20-19)14-7-8-17-18(11-14)22-12-21-17;19-14-4-1-3-13(9-14)18-15(5-2-8-20-18)12-6-7-16-17(10-12)22-11-21-16;19-14-6-3-12(4-7-14)18-15(2-1-9-20-18)13-5-8-16-17(10-13)22-11-21-16/h2*1-10,13H,12H2;2-10H,11H2,1H3;2-11H,12H2,1H3;2*1-10H,11H2. The minimum Gasteiger partial charge on any atom is -0.454 e. The van der Waals surface area contributed by atoms with Crippen molar-refractivity contribution in [2.45, 2.75) is 26.9 Å². The van der Waals surface area contributed by atoms with Crippen LogP contribution in [0.5, 0.6) is 46.0 Å². The number of nitrogens with zero attached hydrogens (tertiary/aromatic N) is 10. The zero-order valence-electron chi connectivity index (χ0n) is 72.8. The molecule has 0 amide bonds. The Kier molecular flexibility index (Phi) is 25.6. The van der Waals surface area contributed by atoms with Crippen LogP contribution in [0, 0.1) is 54.0 Å². The number of halogens is 3. The zero-order valence-corrected chi connectivity index (χ0v) is 72.8. The third-order valence-electron chi connectivity index (χ3n) is 22.9. The predicted molar refractivity (Wildman–Crippen MR) is 517 cm³/mol. The molecule has 135 heavy (non-hydrogen) atoms. The second-order valence-corrected chi connectivity index (χ2v) is 31.7. The highest BCUT2D eigenvalue weighted by molar-refractivity contribution is 5.93. The highest BCUT2D eigenvalue weighted by Gasteiger charge is 2.24. The van der Waals surface area contributed by atoms with E-state index in [9.17, 15) is 18.4 Å². The lowest BCUT2D eigenvalue weighted by Crippen LogP contribution is -1.93. The number of nitriles is 2. The van der Waals surface area contributed by atoms with Crippen molar-refractivity contribution in [3.8, 4) is 192 Å². The molecule has 6 aromatic heterocycles. The number of pyridine rings is 6. The summed E-state index contributed by atoms with van der Waals surface area (Å²) in [4.78, 5) is 35.6. The average Bonchev–Trinajstić information content (AvgIpc) is 1.51. The highest BCUT2D eigenvalue weighted by atomic mass is 19.1. The first kappa shape index (κ1) is 86.4. The Labute approximate surface area is 776 Å². The molecule has 12 heterocycles. The number of rotatable bonds is 12. The lowest BCUT2D eigenvalue weighted by Gasteiger charge is -2.11. The fourth-order valence-electron chi connectivity index (χ4n) is 16.4. The average molecular weight is 1770 g/mol. The van der Waals surface area contributed by atoms with Gasteiger partial charge in [-0.15, -0.1) is 0 Å². The van der Waals surface area contributed by atoms with Crippen molar-refractivity contribution in [1.29, 1.82) is 10.5 Å². The van der Waals surface area contributed by atoms with Crippen molar-refractivity contribution in [3.05, 3.63) is 421 Å². The predicted octanol–water partition coefficient (Wildman–Crippen LogP) is 26.1. The van der Waals surface area contributed by atoms with Crippen LogP contribution in [0.15, 0.2) is 369 Å². The van der Waals surface area contributed by atoms with E-state index in [1.54, 1.807) is 61.3 Å². The largest absolute Gasteiger partial charge is 0.454 e. The van der Waals surface area contributed by atoms with Gasteiger partial charge in [-0.05, 0) is 239 Å². The zero-order chi connectivity index (χ0) is 91.9. The molecule has 0 saturated heterocycles. The molecule has 0 aliphatic carbocycles. The van der Waals surface area contributed by atoms with Gasteiger partial charge in [-0.3, -0.25) is 39.9 Å². The fourth-order valence-corrected chi connectivity index (χ4v) is 16.4. The van der Waals surface area contributed by atoms with Crippen LogP contribution in [0.2, 0.25) is 0 Å². The van der Waals surface area contributed by atoms with Gasteiger partial charge < -0.3 is 37.9 Å². The number of aromatic nitrogens is 6. The maximum atomic E-state index is 14.3. The summed E-state index contributed by atoms with van der Waals surface area (Å²) in [6, 6.07) is 105. The van der Waals surface area contributed by atoms with Gasteiger partial charge in [0, 0.05) is 116 Å². The number of aryl methyl sites for hydroxylation is 2. The number of hydrogen-bond donors (Lipinski definition) is 0. The van der Waals surface area contributed by atoms with E-state index in [1.807, 2.05) is 214 Å². The summed E-state index contributed by atoms with van der Waals surface area (Å²) in [6.45, 7) is 6.55. The lowest BCUT2D eigenvalue weighted by atomic mass is 9.95. The molecule has 0 saturated carbocycles. The molecule has 21 heteroatoms. The van der Waals surface area contributed by atoms with Gasteiger partial charge in [0.05, 0.1) is 70.5 Å². The highest BCUT2D eigenvalue weighted by Crippen LogP contribution is 2.45. The summed E-state index contributed by atoms with van der Waals surface area (Å²) in [5, 5.41) is 18.5. The maximum absolute atomic E-state index is 14.3. The molecule has 0 fully saturated rings. The van der Waals surface area contributed by atoms with E-state index < -0.39 is 0 Å². The number of ether oxygens (including phenoxy) is 8. The number of fused-ring (bicyclic) bond motifs is 6. The van der Waals surface area contributed by atoms with E-state index in [4.69, 9.17) is 43.2 Å². The van der Waals surface area contributed by atoms with Crippen LogP contribution < -0.4 is 37.9 Å². The van der Waals surface area contributed by atoms with Crippen molar-refractivity contribution >= 4 is 12.4 Å². The van der Waals surface area contributed by atoms with Gasteiger partial charge in [0.1, 0.15) is 17.5 Å². The van der Waals surface area contributed by atoms with E-state index in [2.05, 4.69) is 132 Å². The first-order chi connectivity index (χ1) is 66.4. The smallest absolute Gasteiger partial charge is 0.231 e. The molecule has 18 nitrogen and oxygen atoms in total. The van der Waals surface area contributed by atoms with Crippen LogP contribution in [0.1, 0.15) is 44.5 Å². The van der Waals surface area contributed by atoms with Crippen LogP contribution in [0.4, 0.5) is 13.2 Å². The van der Waals surface area contributed by atoms with Gasteiger partial charge >= 0.3 is 0 Å². The van der Waals surface area contributed by atoms with Crippen molar-refractivity contribution < 1.29 is 51.1 Å². The molecule has 0 N–H and O–H groups in total. The summed E-state index contributed by atoms with van der Waals surface area (Å²) in [5.41, 5.74) is 30.3. The van der Waals surface area contributed by atoms with Gasteiger partial charge in [-0.25, -0.2) is 13.2 Å². The third kappa shape index (κ3) is 19.5. The quantitative estimate of drug-likeness (QED) is 0.111. The number of hydrogen-bond acceptors (Lipinski definition) is 18. The normalized spacial score (nSPS) is 12.3. The minimum atomic E-state index is -0.281. The molecule has 12 aromatic carbocycles. The molecule has 0 bridgehead atoms. The Morgan fingerprint density at radius 2 is 0.607 bits per heavy atom. The summed E-state index contributed by atoms with van der Waals surface area (Å²) in [6.07, 6.45) is 14.3. The van der Waals surface area contributed by atoms with Gasteiger partial charge in [-0.2, -0.15) is 10.5 Å². The topological polar surface area (TPSA) is 223 Å². The first-order valence-corrected chi connectivity index (χ1v) is 43.3. The minimum absolute atomic E-state index is 0.227. The monoisotopic (exact) mass is 1770 g/mol. The summed E-state index contributed by atoms with van der Waals surface area (Å²) in [5.74, 6) is 5.11. The van der Waals surface area contributed by atoms with E-state index in [-0.39, 0.29) is 44.6 Å². The van der Waals surface area contributed by atoms with Gasteiger partial charge in [0.2, 0.25) is 27.2 Å². The van der Waals surface area contributed by atoms with E-state index in [1.165, 1.54) is 52.6 Å². The Balaban J connectivity index is 0.000000104. The summed E-state index contributed by atoms with van der Waals surface area (Å²) in [7, 11) is 0. The summed E-state index contributed by atoms with van der Waals surface area (Å²) < 4.78 is 84.1. The Bertz CT molecular complexity index is 7530. The summed E-state index contributed by atoms with van der Waals surface area (Å²) >= 11 is 0. The van der Waals surface area contributed by atoms with Crippen molar-refractivity contribution in [1.82, 2.24) is 29.9 Å². The fraction of sp³-hybridized carbons (Fsp3) is 0.0702. The molecule has 18 aromatic rings. The molecule has 24 rings (SSSR count). The molecule has 6 aliphatic heterocycles. The molecule has 654 valence electrons. The van der Waals surface area contributed by atoms with Crippen molar-refractivity contribution in [2.24, 2.45) is 9.98 Å². The Morgan fingerprint density at radius 3 is 1.04 bits per heavy atom. The van der Waals surface area contributed by atoms with Crippen LogP contribution in [0.25, 0.3) is 134 Å². The molecule has 0 radical (unpaired) electrons. The van der Waals surface area contributed by atoms with Crippen molar-refractivity contribution in [3.63, 3.8) is 0 Å². The molecule has 6 aliphatic rings. The molecular formula is C114H79F3N10O8. The van der Waals surface area contributed by atoms with Gasteiger partial charge in [0.25, 0.3) is 0 Å². The third-order valence-corrected chi connectivity index (χ3v) is 22.9. The van der Waals surface area contributed by atoms with Crippen LogP contribution in [0.3, 0.4) is 0 Å². The van der Waals surface area contributed by atoms with Crippen LogP contribution in [-0.2, 0) is 13.1 Å². The molecule has 0 atom stereocenters. The molecule has 0 unspecified atom stereocenters. The number of aliphatic imine (C=N–C) groups is 2. The Hall–Kier alpha value is -18.0. The van der Waals surface area contributed by atoms with E-state index in [0.29, 0.717) is 33.9 Å². The van der Waals surface area contributed by atoms with Crippen molar-refractivity contribution in [2.75, 3.05) is 27.2 Å². The van der Waals surface area contributed by atoms with E-state index >= 15 is 0 Å². The lowest BCUT2D eigenvalue weighted by molar-refractivity contribution is 0.173. The van der Waals surface area contributed by atoms with Gasteiger partial charge in [0.15, 0.2) is 46.0 Å². The van der Waals surface area contributed by atoms with Crippen LogP contribution >= 0.6 is 0 Å². The molecular weight excluding hydrogens is 1690 g/mol.